The molecule has 2 aromatic rings. The molecule has 25 heavy (non-hydrogen) atoms. The maximum atomic E-state index is 12.5. The molecule has 0 fully saturated rings. The fourth-order valence-electron chi connectivity index (χ4n) is 3.11. The van der Waals surface area contributed by atoms with E-state index in [0.717, 1.165) is 17.7 Å². The second-order valence-electron chi connectivity index (χ2n) is 6.37. The van der Waals surface area contributed by atoms with Crippen LogP contribution in [0.2, 0.25) is 0 Å². The van der Waals surface area contributed by atoms with Gasteiger partial charge in [-0.3, -0.25) is 4.79 Å². The Morgan fingerprint density at radius 3 is 2.60 bits per heavy atom. The molecule has 0 atom stereocenters. The van der Waals surface area contributed by atoms with Gasteiger partial charge in [0.1, 0.15) is 12.4 Å². The van der Waals surface area contributed by atoms with E-state index in [1.54, 1.807) is 0 Å². The number of hydrogen-bond acceptors (Lipinski definition) is 2. The van der Waals surface area contributed by atoms with Gasteiger partial charge in [0, 0.05) is 17.7 Å². The van der Waals surface area contributed by atoms with Crippen LogP contribution in [0.5, 0.6) is 5.75 Å². The molecule has 1 amide bonds. The molecule has 0 saturated heterocycles. The number of carbonyl (C=O) groups excluding carboxylic acids is 1. The van der Waals surface area contributed by atoms with Crippen LogP contribution in [-0.4, -0.2) is 12.5 Å². The summed E-state index contributed by atoms with van der Waals surface area (Å²) in [4.78, 5) is 12.5. The van der Waals surface area contributed by atoms with Gasteiger partial charge in [-0.15, -0.1) is 0 Å². The molecule has 3 rings (SSSR count). The topological polar surface area (TPSA) is 38.3 Å². The van der Waals surface area contributed by atoms with Crippen LogP contribution in [0.15, 0.2) is 66.2 Å². The molecule has 1 N–H and O–H groups in total. The van der Waals surface area contributed by atoms with Crippen LogP contribution in [-0.2, 0) is 6.61 Å². The number of carbonyl (C=O) groups is 1. The van der Waals surface area contributed by atoms with Crippen molar-refractivity contribution < 1.29 is 9.53 Å². The predicted octanol–water partition coefficient (Wildman–Crippen LogP) is 4.89. The van der Waals surface area contributed by atoms with Crippen molar-refractivity contribution in [3.63, 3.8) is 0 Å². The molecule has 1 aliphatic carbocycles. The monoisotopic (exact) mass is 335 g/mol. The molecule has 1 aliphatic rings. The number of nitrogens with one attached hydrogen (secondary N) is 1. The molecule has 0 saturated carbocycles. The molecule has 0 bridgehead atoms. The average molecular weight is 335 g/mol. The van der Waals surface area contributed by atoms with Crippen LogP contribution in [0.25, 0.3) is 0 Å². The van der Waals surface area contributed by atoms with Crippen LogP contribution in [0.1, 0.15) is 48.0 Å². The number of amides is 1. The summed E-state index contributed by atoms with van der Waals surface area (Å²) in [6.07, 6.45) is 8.22. The second-order valence-corrected chi connectivity index (χ2v) is 6.37. The number of para-hydroxylation sites is 1. The van der Waals surface area contributed by atoms with Gasteiger partial charge in [0.25, 0.3) is 5.91 Å². The third-order valence-electron chi connectivity index (χ3n) is 4.52. The van der Waals surface area contributed by atoms with Crippen LogP contribution in [0.3, 0.4) is 0 Å². The minimum atomic E-state index is -0.0244. The Hall–Kier alpha value is -2.55. The largest absolute Gasteiger partial charge is 0.489 e. The second kappa shape index (κ2) is 9.07. The van der Waals surface area contributed by atoms with Crippen molar-refractivity contribution >= 4 is 5.91 Å². The molecule has 0 radical (unpaired) electrons. The molecule has 0 unspecified atom stereocenters. The highest BCUT2D eigenvalue weighted by molar-refractivity contribution is 5.95. The van der Waals surface area contributed by atoms with Gasteiger partial charge in [0.15, 0.2) is 0 Å². The van der Waals surface area contributed by atoms with Gasteiger partial charge in [0.2, 0.25) is 0 Å². The Balaban J connectivity index is 1.55. The lowest BCUT2D eigenvalue weighted by Crippen LogP contribution is -2.26. The molecule has 2 aromatic carbocycles. The Bertz CT molecular complexity index is 722. The van der Waals surface area contributed by atoms with Gasteiger partial charge in [-0.25, -0.2) is 0 Å². The van der Waals surface area contributed by atoms with Crippen LogP contribution in [0, 0.1) is 0 Å². The average Bonchev–Trinajstić information content (AvgIpc) is 2.68. The van der Waals surface area contributed by atoms with Crippen molar-refractivity contribution in [1.82, 2.24) is 5.32 Å². The summed E-state index contributed by atoms with van der Waals surface area (Å²) in [5.41, 5.74) is 3.07. The minimum Gasteiger partial charge on any atom is -0.489 e. The van der Waals surface area contributed by atoms with Crippen molar-refractivity contribution in [2.24, 2.45) is 0 Å². The molecule has 0 heterocycles. The third kappa shape index (κ3) is 5.21. The molecular formula is C22H25NO2. The zero-order valence-electron chi connectivity index (χ0n) is 14.5. The first-order valence-corrected chi connectivity index (χ1v) is 9.05. The molecule has 0 aliphatic heterocycles. The van der Waals surface area contributed by atoms with Crippen LogP contribution in [0.4, 0.5) is 0 Å². The van der Waals surface area contributed by atoms with Gasteiger partial charge < -0.3 is 10.1 Å². The summed E-state index contributed by atoms with van der Waals surface area (Å²) in [7, 11) is 0. The first-order chi connectivity index (χ1) is 12.3. The maximum absolute atomic E-state index is 12.5. The van der Waals surface area contributed by atoms with E-state index >= 15 is 0 Å². The Kier molecular flexibility index (Phi) is 6.27. The number of rotatable bonds is 7. The van der Waals surface area contributed by atoms with Gasteiger partial charge in [-0.2, -0.15) is 0 Å². The molecule has 3 nitrogen and oxygen atoms in total. The lowest BCUT2D eigenvalue weighted by Gasteiger charge is -2.14. The fraction of sp³-hybridized carbons (Fsp3) is 0.318. The van der Waals surface area contributed by atoms with Crippen LogP contribution < -0.4 is 10.1 Å². The first kappa shape index (κ1) is 17.3. The fourth-order valence-corrected chi connectivity index (χ4v) is 3.11. The summed E-state index contributed by atoms with van der Waals surface area (Å²) in [6, 6.07) is 17.3. The van der Waals surface area contributed by atoms with Crippen molar-refractivity contribution in [1.29, 1.82) is 0 Å². The highest BCUT2D eigenvalue weighted by atomic mass is 16.5. The van der Waals surface area contributed by atoms with Crippen molar-refractivity contribution in [2.75, 3.05) is 6.54 Å². The molecule has 130 valence electrons. The van der Waals surface area contributed by atoms with Crippen molar-refractivity contribution in [2.45, 2.75) is 38.7 Å². The van der Waals surface area contributed by atoms with Gasteiger partial charge >= 0.3 is 0 Å². The third-order valence-corrected chi connectivity index (χ3v) is 4.52. The van der Waals surface area contributed by atoms with Crippen LogP contribution >= 0.6 is 0 Å². The zero-order chi connectivity index (χ0) is 17.3. The lowest BCUT2D eigenvalue weighted by molar-refractivity contribution is 0.0951. The Morgan fingerprint density at radius 1 is 1.00 bits per heavy atom. The summed E-state index contributed by atoms with van der Waals surface area (Å²) < 4.78 is 5.79. The van der Waals surface area contributed by atoms with Gasteiger partial charge in [-0.1, -0.05) is 48.0 Å². The van der Waals surface area contributed by atoms with E-state index in [9.17, 15) is 4.79 Å². The number of benzene rings is 2. The number of hydrogen-bond donors (Lipinski definition) is 1. The summed E-state index contributed by atoms with van der Waals surface area (Å²) in [5, 5.41) is 3.05. The highest BCUT2D eigenvalue weighted by Gasteiger charge is 2.11. The predicted molar refractivity (Wildman–Crippen MR) is 101 cm³/mol. The van der Waals surface area contributed by atoms with Crippen molar-refractivity contribution in [3.05, 3.63) is 77.4 Å². The Morgan fingerprint density at radius 2 is 1.80 bits per heavy atom. The van der Waals surface area contributed by atoms with Crippen molar-refractivity contribution in [3.8, 4) is 5.75 Å². The normalized spacial score (nSPS) is 13.8. The summed E-state index contributed by atoms with van der Waals surface area (Å²) >= 11 is 0. The van der Waals surface area contributed by atoms with E-state index in [4.69, 9.17) is 4.74 Å². The van der Waals surface area contributed by atoms with E-state index in [0.29, 0.717) is 18.7 Å². The van der Waals surface area contributed by atoms with Gasteiger partial charge in [-0.05, 0) is 50.3 Å². The Labute approximate surface area is 149 Å². The smallest absolute Gasteiger partial charge is 0.251 e. The molecule has 0 aromatic heterocycles. The maximum Gasteiger partial charge on any atom is 0.251 e. The lowest BCUT2D eigenvalue weighted by atomic mass is 9.97. The zero-order valence-corrected chi connectivity index (χ0v) is 14.5. The van der Waals surface area contributed by atoms with E-state index in [1.165, 1.54) is 31.3 Å². The molecule has 3 heteroatoms. The standard InChI is InChI=1S/C22H25NO2/c24-22(23-16-15-18-9-3-1-4-10-18)21-14-8-7-11-19(21)17-25-20-12-5-2-6-13-20/h2,5-9,11-14H,1,3-4,10,15-17H2,(H,23,24). The van der Waals surface area contributed by atoms with E-state index in [-0.39, 0.29) is 5.91 Å². The quantitative estimate of drug-likeness (QED) is 0.732. The first-order valence-electron chi connectivity index (χ1n) is 9.05. The van der Waals surface area contributed by atoms with E-state index < -0.39 is 0 Å². The highest BCUT2D eigenvalue weighted by Crippen LogP contribution is 2.19. The SMILES string of the molecule is O=C(NCCC1=CCCCC1)c1ccccc1COc1ccccc1. The van der Waals surface area contributed by atoms with E-state index in [2.05, 4.69) is 11.4 Å². The summed E-state index contributed by atoms with van der Waals surface area (Å²) in [6.45, 7) is 1.08. The minimum absolute atomic E-state index is 0.0244. The summed E-state index contributed by atoms with van der Waals surface area (Å²) in [5.74, 6) is 0.783. The number of allylic oxidation sites excluding steroid dienone is 1. The number of ether oxygens (including phenoxy) is 1. The van der Waals surface area contributed by atoms with Gasteiger partial charge in [0.05, 0.1) is 0 Å². The van der Waals surface area contributed by atoms with E-state index in [1.807, 2.05) is 54.6 Å². The molecular weight excluding hydrogens is 310 g/mol. The molecule has 0 spiro atoms.